The molecule has 0 unspecified atom stereocenters. The molecule has 0 saturated carbocycles. The molecule has 30 heavy (non-hydrogen) atoms. The highest BCUT2D eigenvalue weighted by atomic mass is 16.6. The van der Waals surface area contributed by atoms with E-state index >= 15 is 0 Å². The van der Waals surface area contributed by atoms with Crippen LogP contribution >= 0.6 is 0 Å². The van der Waals surface area contributed by atoms with Crippen LogP contribution in [-0.4, -0.2) is 32.8 Å². The number of nitrogens with one attached hydrogen (secondary N) is 2. The van der Waals surface area contributed by atoms with Gasteiger partial charge < -0.3 is 15.2 Å². The molecule has 9 heteroatoms. The van der Waals surface area contributed by atoms with Crippen LogP contribution in [0, 0.1) is 17.0 Å². The van der Waals surface area contributed by atoms with Gasteiger partial charge in [-0.05, 0) is 25.0 Å². The Labute approximate surface area is 172 Å². The number of anilines is 1. The van der Waals surface area contributed by atoms with E-state index in [-0.39, 0.29) is 17.9 Å². The normalized spacial score (nSPS) is 10.4. The predicted octanol–water partition coefficient (Wildman–Crippen LogP) is 2.91. The predicted molar refractivity (Wildman–Crippen MR) is 112 cm³/mol. The summed E-state index contributed by atoms with van der Waals surface area (Å²) in [6.07, 6.45) is 4.15. The highest BCUT2D eigenvalue weighted by molar-refractivity contribution is 6.39. The van der Waals surface area contributed by atoms with E-state index in [1.165, 1.54) is 12.1 Å². The van der Waals surface area contributed by atoms with E-state index < -0.39 is 16.7 Å². The number of amides is 2. The second-order valence-corrected chi connectivity index (χ2v) is 6.65. The summed E-state index contributed by atoms with van der Waals surface area (Å²) in [6, 6.07) is 14.1. The van der Waals surface area contributed by atoms with Gasteiger partial charge in [0, 0.05) is 37.1 Å². The molecule has 154 valence electrons. The summed E-state index contributed by atoms with van der Waals surface area (Å²) in [6.45, 7) is 2.58. The quantitative estimate of drug-likeness (QED) is 0.270. The van der Waals surface area contributed by atoms with Crippen LogP contribution in [0.15, 0.2) is 60.9 Å². The van der Waals surface area contributed by atoms with Crippen LogP contribution in [0.3, 0.4) is 0 Å². The molecule has 0 aliphatic carbocycles. The Morgan fingerprint density at radius 2 is 1.90 bits per heavy atom. The van der Waals surface area contributed by atoms with Crippen molar-refractivity contribution in [1.29, 1.82) is 0 Å². The lowest BCUT2D eigenvalue weighted by atomic mass is 10.2. The molecule has 3 rings (SSSR count). The van der Waals surface area contributed by atoms with E-state index in [0.717, 1.165) is 11.4 Å². The summed E-state index contributed by atoms with van der Waals surface area (Å²) in [4.78, 5) is 39.0. The molecule has 1 aromatic heterocycles. The van der Waals surface area contributed by atoms with Gasteiger partial charge in [0.25, 0.3) is 5.69 Å². The highest BCUT2D eigenvalue weighted by Gasteiger charge is 2.19. The Bertz CT molecular complexity index is 1060. The lowest BCUT2D eigenvalue weighted by Crippen LogP contribution is -2.36. The maximum Gasteiger partial charge on any atom is 0.313 e. The molecule has 0 saturated heterocycles. The number of imidazole rings is 1. The Morgan fingerprint density at radius 1 is 1.13 bits per heavy atom. The van der Waals surface area contributed by atoms with Crippen LogP contribution < -0.4 is 10.6 Å². The maximum atomic E-state index is 12.1. The lowest BCUT2D eigenvalue weighted by Gasteiger charge is -2.09. The van der Waals surface area contributed by atoms with E-state index in [9.17, 15) is 19.7 Å². The zero-order valence-corrected chi connectivity index (χ0v) is 16.4. The molecule has 2 amide bonds. The van der Waals surface area contributed by atoms with Gasteiger partial charge in [0.2, 0.25) is 0 Å². The van der Waals surface area contributed by atoms with Gasteiger partial charge >= 0.3 is 11.8 Å². The molecule has 0 aliphatic rings. The van der Waals surface area contributed by atoms with Crippen molar-refractivity contribution in [3.63, 3.8) is 0 Å². The van der Waals surface area contributed by atoms with Crippen molar-refractivity contribution < 1.29 is 14.5 Å². The Morgan fingerprint density at radius 3 is 2.63 bits per heavy atom. The van der Waals surface area contributed by atoms with Gasteiger partial charge in [0.05, 0.1) is 4.92 Å². The van der Waals surface area contributed by atoms with Gasteiger partial charge in [-0.15, -0.1) is 0 Å². The molecule has 0 bridgehead atoms. The number of nitrogens with zero attached hydrogens (tertiary/aromatic N) is 3. The smallest absolute Gasteiger partial charge is 0.313 e. The molecular formula is C21H21N5O4. The third-order valence-corrected chi connectivity index (χ3v) is 4.41. The number of nitro benzene ring substituents is 1. The monoisotopic (exact) mass is 407 g/mol. The van der Waals surface area contributed by atoms with Crippen LogP contribution in [0.2, 0.25) is 0 Å². The standard InChI is InChI=1S/C21H21N5O4/c1-15-8-9-17(18(14-15)26(29)30)24-21(28)20(27)23-10-5-12-25-13-11-22-19(25)16-6-3-2-4-7-16/h2-4,6-9,11,13-14H,5,10,12H2,1H3,(H,23,27)(H,24,28). The minimum atomic E-state index is -0.949. The SMILES string of the molecule is Cc1ccc(NC(=O)C(=O)NCCCn2ccnc2-c2ccccc2)c([N+](=O)[O-])c1. The maximum absolute atomic E-state index is 12.1. The minimum absolute atomic E-state index is 0.0170. The molecule has 9 nitrogen and oxygen atoms in total. The average molecular weight is 407 g/mol. The van der Waals surface area contributed by atoms with Gasteiger partial charge in [-0.3, -0.25) is 19.7 Å². The first-order valence-electron chi connectivity index (χ1n) is 9.36. The van der Waals surface area contributed by atoms with E-state index in [2.05, 4.69) is 15.6 Å². The summed E-state index contributed by atoms with van der Waals surface area (Å²) in [7, 11) is 0. The molecule has 1 heterocycles. The van der Waals surface area contributed by atoms with E-state index in [4.69, 9.17) is 0 Å². The summed E-state index contributed by atoms with van der Waals surface area (Å²) in [5, 5.41) is 16.0. The first-order valence-corrected chi connectivity index (χ1v) is 9.36. The van der Waals surface area contributed by atoms with Crippen molar-refractivity contribution in [3.05, 3.63) is 76.6 Å². The first-order chi connectivity index (χ1) is 14.5. The van der Waals surface area contributed by atoms with Crippen LogP contribution in [0.1, 0.15) is 12.0 Å². The van der Waals surface area contributed by atoms with Crippen molar-refractivity contribution in [2.75, 3.05) is 11.9 Å². The highest BCUT2D eigenvalue weighted by Crippen LogP contribution is 2.25. The van der Waals surface area contributed by atoms with Crippen molar-refractivity contribution in [3.8, 4) is 11.4 Å². The van der Waals surface area contributed by atoms with Crippen LogP contribution in [0.4, 0.5) is 11.4 Å². The van der Waals surface area contributed by atoms with Gasteiger partial charge in [-0.1, -0.05) is 36.4 Å². The topological polar surface area (TPSA) is 119 Å². The number of rotatable bonds is 7. The number of carbonyl (C=O) groups excluding carboxylic acids is 2. The van der Waals surface area contributed by atoms with Crippen LogP contribution in [-0.2, 0) is 16.1 Å². The second-order valence-electron chi connectivity index (χ2n) is 6.65. The van der Waals surface area contributed by atoms with Crippen molar-refractivity contribution in [1.82, 2.24) is 14.9 Å². The number of hydrogen-bond donors (Lipinski definition) is 2. The van der Waals surface area contributed by atoms with Gasteiger partial charge in [0.1, 0.15) is 11.5 Å². The largest absolute Gasteiger partial charge is 0.348 e. The van der Waals surface area contributed by atoms with E-state index in [1.807, 2.05) is 41.1 Å². The fourth-order valence-electron chi connectivity index (χ4n) is 2.95. The zero-order valence-electron chi connectivity index (χ0n) is 16.4. The van der Waals surface area contributed by atoms with Gasteiger partial charge in [-0.25, -0.2) is 4.98 Å². The Balaban J connectivity index is 1.51. The zero-order chi connectivity index (χ0) is 21.5. The molecule has 2 N–H and O–H groups in total. The molecular weight excluding hydrogens is 386 g/mol. The average Bonchev–Trinajstić information content (AvgIpc) is 3.21. The van der Waals surface area contributed by atoms with E-state index in [1.54, 1.807) is 19.2 Å². The van der Waals surface area contributed by atoms with Crippen LogP contribution in [0.5, 0.6) is 0 Å². The lowest BCUT2D eigenvalue weighted by molar-refractivity contribution is -0.384. The summed E-state index contributed by atoms with van der Waals surface area (Å²) in [5.41, 5.74) is 1.39. The number of aromatic nitrogens is 2. The fourth-order valence-corrected chi connectivity index (χ4v) is 2.95. The molecule has 3 aromatic rings. The molecule has 0 spiro atoms. The third kappa shape index (κ3) is 5.07. The second kappa shape index (κ2) is 9.46. The molecule has 0 fully saturated rings. The van der Waals surface area contributed by atoms with Gasteiger partial charge in [-0.2, -0.15) is 0 Å². The summed E-state index contributed by atoms with van der Waals surface area (Å²) >= 11 is 0. The molecule has 0 aliphatic heterocycles. The van der Waals surface area contributed by atoms with Crippen molar-refractivity contribution >= 4 is 23.2 Å². The number of benzene rings is 2. The molecule has 0 atom stereocenters. The van der Waals surface area contributed by atoms with Crippen LogP contribution in [0.25, 0.3) is 11.4 Å². The van der Waals surface area contributed by atoms with Crippen molar-refractivity contribution in [2.24, 2.45) is 0 Å². The first kappa shape index (κ1) is 20.7. The fraction of sp³-hybridized carbons (Fsp3) is 0.190. The van der Waals surface area contributed by atoms with E-state index in [0.29, 0.717) is 18.5 Å². The summed E-state index contributed by atoms with van der Waals surface area (Å²) in [5.74, 6) is -0.973. The Hall–Kier alpha value is -4.01. The Kier molecular flexibility index (Phi) is 6.53. The minimum Gasteiger partial charge on any atom is -0.348 e. The third-order valence-electron chi connectivity index (χ3n) is 4.41. The number of nitro groups is 1. The van der Waals surface area contributed by atoms with Crippen molar-refractivity contribution in [2.45, 2.75) is 19.9 Å². The number of carbonyl (C=O) groups is 2. The molecule has 0 radical (unpaired) electrons. The number of hydrogen-bond acceptors (Lipinski definition) is 5. The molecule has 2 aromatic carbocycles. The number of aryl methyl sites for hydroxylation is 2. The van der Waals surface area contributed by atoms with Gasteiger partial charge in [0.15, 0.2) is 0 Å². The summed E-state index contributed by atoms with van der Waals surface area (Å²) < 4.78 is 1.97.